The molecule has 0 bridgehead atoms. The number of amides is 1. The van der Waals surface area contributed by atoms with Gasteiger partial charge in [-0.15, -0.1) is 0 Å². The fraction of sp³-hybridized carbons (Fsp3) is 0.0588. The van der Waals surface area contributed by atoms with Crippen molar-refractivity contribution in [3.8, 4) is 0 Å². The average molecular weight is 296 g/mol. The Kier molecular flexibility index (Phi) is 3.96. The normalized spacial score (nSPS) is 11.9. The van der Waals surface area contributed by atoms with Crippen LogP contribution < -0.4 is 5.32 Å². The molecule has 4 nitrogen and oxygen atoms in total. The molecule has 1 unspecified atom stereocenters. The summed E-state index contributed by atoms with van der Waals surface area (Å²) in [5, 5.41) is 2.89. The first-order chi connectivity index (χ1) is 10.7. The van der Waals surface area contributed by atoms with Crippen LogP contribution in [0.5, 0.6) is 0 Å². The Balaban J connectivity index is 1.93. The molecular weight excluding hydrogens is 283 g/mol. The number of hydrogen-bond donors (Lipinski definition) is 1. The van der Waals surface area contributed by atoms with E-state index in [4.69, 9.17) is 4.42 Å². The molecule has 3 aromatic rings. The van der Waals surface area contributed by atoms with Crippen molar-refractivity contribution in [1.29, 1.82) is 0 Å². The highest BCUT2D eigenvalue weighted by atomic mass is 19.1. The number of rotatable bonds is 4. The highest BCUT2D eigenvalue weighted by Crippen LogP contribution is 2.22. The smallest absolute Gasteiger partial charge is 0.287 e. The van der Waals surface area contributed by atoms with Gasteiger partial charge in [-0.2, -0.15) is 0 Å². The van der Waals surface area contributed by atoms with Gasteiger partial charge in [0.05, 0.1) is 12.3 Å². The second-order valence-electron chi connectivity index (χ2n) is 4.72. The molecule has 0 radical (unpaired) electrons. The van der Waals surface area contributed by atoms with Crippen molar-refractivity contribution in [2.24, 2.45) is 0 Å². The van der Waals surface area contributed by atoms with Gasteiger partial charge in [0, 0.05) is 12.4 Å². The number of pyridine rings is 1. The highest BCUT2D eigenvalue weighted by molar-refractivity contribution is 5.91. The summed E-state index contributed by atoms with van der Waals surface area (Å²) in [5.41, 5.74) is 1.62. The summed E-state index contributed by atoms with van der Waals surface area (Å²) in [5.74, 6) is -0.438. The number of furan rings is 1. The number of aromatic nitrogens is 1. The van der Waals surface area contributed by atoms with Crippen LogP contribution in [-0.2, 0) is 0 Å². The first-order valence-corrected chi connectivity index (χ1v) is 6.74. The van der Waals surface area contributed by atoms with E-state index in [9.17, 15) is 9.18 Å². The van der Waals surface area contributed by atoms with Gasteiger partial charge in [0.2, 0.25) is 0 Å². The summed E-state index contributed by atoms with van der Waals surface area (Å²) in [6, 6.07) is 12.4. The molecule has 22 heavy (non-hydrogen) atoms. The lowest BCUT2D eigenvalue weighted by atomic mass is 9.99. The van der Waals surface area contributed by atoms with Gasteiger partial charge in [0.15, 0.2) is 5.76 Å². The van der Waals surface area contributed by atoms with Gasteiger partial charge in [0.1, 0.15) is 5.82 Å². The Bertz CT molecular complexity index is 740. The van der Waals surface area contributed by atoms with Crippen molar-refractivity contribution in [2.75, 3.05) is 0 Å². The van der Waals surface area contributed by atoms with Gasteiger partial charge in [-0.3, -0.25) is 9.78 Å². The van der Waals surface area contributed by atoms with Crippen molar-refractivity contribution >= 4 is 5.91 Å². The van der Waals surface area contributed by atoms with E-state index in [0.717, 1.165) is 11.1 Å². The quantitative estimate of drug-likeness (QED) is 0.803. The SMILES string of the molecule is O=C(NC(c1ccncc1)c1ccc(F)cc1)c1ccco1. The summed E-state index contributed by atoms with van der Waals surface area (Å²) in [7, 11) is 0. The van der Waals surface area contributed by atoms with E-state index in [1.807, 2.05) is 0 Å². The van der Waals surface area contributed by atoms with Crippen molar-refractivity contribution in [3.63, 3.8) is 0 Å². The van der Waals surface area contributed by atoms with Crippen LogP contribution in [0.1, 0.15) is 27.7 Å². The standard InChI is InChI=1S/C17H13FN2O2/c18-14-5-3-12(4-6-14)16(13-7-9-19-10-8-13)20-17(21)15-2-1-11-22-15/h1-11,16H,(H,20,21). The first kappa shape index (κ1) is 14.0. The van der Waals surface area contributed by atoms with E-state index in [-0.39, 0.29) is 17.5 Å². The summed E-state index contributed by atoms with van der Waals surface area (Å²) in [6.07, 6.45) is 4.73. The van der Waals surface area contributed by atoms with Gasteiger partial charge in [-0.1, -0.05) is 12.1 Å². The van der Waals surface area contributed by atoms with Gasteiger partial charge < -0.3 is 9.73 Å². The lowest BCUT2D eigenvalue weighted by molar-refractivity contribution is 0.0915. The maximum Gasteiger partial charge on any atom is 0.287 e. The van der Waals surface area contributed by atoms with E-state index in [2.05, 4.69) is 10.3 Å². The van der Waals surface area contributed by atoms with Gasteiger partial charge in [-0.05, 0) is 47.5 Å². The minimum absolute atomic E-state index is 0.223. The Morgan fingerprint density at radius 3 is 2.36 bits per heavy atom. The Morgan fingerprint density at radius 1 is 1.05 bits per heavy atom. The summed E-state index contributed by atoms with van der Waals surface area (Å²) in [4.78, 5) is 16.2. The zero-order valence-corrected chi connectivity index (χ0v) is 11.6. The maximum atomic E-state index is 13.1. The van der Waals surface area contributed by atoms with Gasteiger partial charge >= 0.3 is 0 Å². The molecule has 0 aliphatic rings. The second-order valence-corrected chi connectivity index (χ2v) is 4.72. The zero-order chi connectivity index (χ0) is 15.4. The third-order valence-electron chi connectivity index (χ3n) is 3.26. The van der Waals surface area contributed by atoms with Crippen LogP contribution in [0.25, 0.3) is 0 Å². The number of nitrogens with one attached hydrogen (secondary N) is 1. The molecule has 0 aliphatic heterocycles. The molecule has 110 valence electrons. The molecule has 2 heterocycles. The van der Waals surface area contributed by atoms with Crippen LogP contribution in [0.3, 0.4) is 0 Å². The van der Waals surface area contributed by atoms with E-state index < -0.39 is 6.04 Å². The monoisotopic (exact) mass is 296 g/mol. The van der Waals surface area contributed by atoms with Crippen LogP contribution in [0.15, 0.2) is 71.6 Å². The molecule has 0 spiro atoms. The van der Waals surface area contributed by atoms with Crippen molar-refractivity contribution < 1.29 is 13.6 Å². The number of halogens is 1. The van der Waals surface area contributed by atoms with Crippen LogP contribution in [0.4, 0.5) is 4.39 Å². The fourth-order valence-electron chi connectivity index (χ4n) is 2.18. The van der Waals surface area contributed by atoms with Crippen molar-refractivity contribution in [1.82, 2.24) is 10.3 Å². The lowest BCUT2D eigenvalue weighted by Crippen LogP contribution is -2.29. The number of carbonyl (C=O) groups is 1. The minimum Gasteiger partial charge on any atom is -0.459 e. The molecule has 2 aromatic heterocycles. The molecule has 0 saturated heterocycles. The molecule has 0 aliphatic carbocycles. The van der Waals surface area contributed by atoms with Crippen LogP contribution >= 0.6 is 0 Å². The topological polar surface area (TPSA) is 55.1 Å². The summed E-state index contributed by atoms with van der Waals surface area (Å²) < 4.78 is 18.2. The molecule has 0 saturated carbocycles. The van der Waals surface area contributed by atoms with E-state index >= 15 is 0 Å². The molecular formula is C17H13FN2O2. The van der Waals surface area contributed by atoms with E-state index in [0.29, 0.717) is 0 Å². The zero-order valence-electron chi connectivity index (χ0n) is 11.6. The van der Waals surface area contributed by atoms with E-state index in [1.54, 1.807) is 48.8 Å². The number of carbonyl (C=O) groups excluding carboxylic acids is 1. The van der Waals surface area contributed by atoms with Gasteiger partial charge in [0.25, 0.3) is 5.91 Å². The average Bonchev–Trinajstić information content (AvgIpc) is 3.09. The fourth-order valence-corrected chi connectivity index (χ4v) is 2.18. The number of benzene rings is 1. The third kappa shape index (κ3) is 3.03. The van der Waals surface area contributed by atoms with E-state index in [1.165, 1.54) is 18.4 Å². The van der Waals surface area contributed by atoms with Crippen LogP contribution in [-0.4, -0.2) is 10.9 Å². The second kappa shape index (κ2) is 6.22. The van der Waals surface area contributed by atoms with Crippen LogP contribution in [0, 0.1) is 5.82 Å². The third-order valence-corrected chi connectivity index (χ3v) is 3.26. The molecule has 1 aromatic carbocycles. The molecule has 1 atom stereocenters. The molecule has 3 rings (SSSR count). The summed E-state index contributed by atoms with van der Waals surface area (Å²) in [6.45, 7) is 0. The van der Waals surface area contributed by atoms with Crippen LogP contribution in [0.2, 0.25) is 0 Å². The predicted octanol–water partition coefficient (Wildman–Crippen LogP) is 3.33. The Morgan fingerprint density at radius 2 is 1.73 bits per heavy atom. The first-order valence-electron chi connectivity index (χ1n) is 6.74. The number of hydrogen-bond acceptors (Lipinski definition) is 3. The number of nitrogens with zero attached hydrogens (tertiary/aromatic N) is 1. The maximum absolute atomic E-state index is 13.1. The van der Waals surface area contributed by atoms with Gasteiger partial charge in [-0.25, -0.2) is 4.39 Å². The Hall–Kier alpha value is -2.95. The van der Waals surface area contributed by atoms with Crippen molar-refractivity contribution in [3.05, 3.63) is 89.9 Å². The summed E-state index contributed by atoms with van der Waals surface area (Å²) >= 11 is 0. The molecule has 0 fully saturated rings. The minimum atomic E-state index is -0.416. The Labute approximate surface area is 126 Å². The molecule has 1 N–H and O–H groups in total. The predicted molar refractivity (Wildman–Crippen MR) is 78.7 cm³/mol. The largest absolute Gasteiger partial charge is 0.459 e. The van der Waals surface area contributed by atoms with Crippen molar-refractivity contribution in [2.45, 2.75) is 6.04 Å². The lowest BCUT2D eigenvalue weighted by Gasteiger charge is -2.19. The molecule has 5 heteroatoms. The molecule has 1 amide bonds. The highest BCUT2D eigenvalue weighted by Gasteiger charge is 2.19.